The van der Waals surface area contributed by atoms with E-state index >= 15 is 0 Å². The Morgan fingerprint density at radius 1 is 1.42 bits per heavy atom. The van der Waals surface area contributed by atoms with Crippen molar-refractivity contribution in [1.82, 2.24) is 4.72 Å². The molecule has 5 nitrogen and oxygen atoms in total. The summed E-state index contributed by atoms with van der Waals surface area (Å²) in [6.07, 6.45) is 0.796. The summed E-state index contributed by atoms with van der Waals surface area (Å²) in [5.74, 6) is -1.14. The van der Waals surface area contributed by atoms with Crippen molar-refractivity contribution in [2.24, 2.45) is 5.41 Å². The molecule has 104 valence electrons. The Kier molecular flexibility index (Phi) is 3.18. The van der Waals surface area contributed by atoms with Crippen LogP contribution in [0.4, 0.5) is 0 Å². The maximum Gasteiger partial charge on any atom is 0.335 e. The second-order valence-electron chi connectivity index (χ2n) is 5.65. The molecule has 1 atom stereocenters. The summed E-state index contributed by atoms with van der Waals surface area (Å²) in [7, 11) is -3.67. The Bertz CT molecular complexity index is 634. The first kappa shape index (κ1) is 14.0. The topological polar surface area (TPSA) is 83.5 Å². The second kappa shape index (κ2) is 4.31. The predicted octanol–water partition coefficient (Wildman–Crippen LogP) is 1.77. The fourth-order valence-electron chi connectivity index (χ4n) is 1.94. The number of aryl methyl sites for hydroxylation is 1. The van der Waals surface area contributed by atoms with Crippen LogP contribution in [0.25, 0.3) is 0 Å². The predicted molar refractivity (Wildman–Crippen MR) is 70.6 cm³/mol. The average Bonchev–Trinajstić information content (AvgIpc) is 2.84. The van der Waals surface area contributed by atoms with E-state index < -0.39 is 16.0 Å². The van der Waals surface area contributed by atoms with Gasteiger partial charge in [-0.1, -0.05) is 19.9 Å². The first-order chi connectivity index (χ1) is 8.63. The van der Waals surface area contributed by atoms with Crippen LogP contribution < -0.4 is 4.72 Å². The average molecular weight is 283 g/mol. The fraction of sp³-hybridized carbons (Fsp3) is 0.462. The number of sulfonamides is 1. The van der Waals surface area contributed by atoms with Gasteiger partial charge in [0.25, 0.3) is 0 Å². The molecule has 0 spiro atoms. The summed E-state index contributed by atoms with van der Waals surface area (Å²) >= 11 is 0. The normalized spacial score (nSPS) is 21.1. The van der Waals surface area contributed by atoms with Crippen LogP contribution in [0, 0.1) is 12.3 Å². The molecule has 2 rings (SSSR count). The molecule has 1 unspecified atom stereocenters. The summed E-state index contributed by atoms with van der Waals surface area (Å²) in [6, 6.07) is 4.04. The number of carboxylic acid groups (broad SMARTS) is 1. The molecule has 0 amide bonds. The molecule has 1 aliphatic rings. The molecule has 6 heteroatoms. The molecule has 0 heterocycles. The van der Waals surface area contributed by atoms with E-state index in [0.29, 0.717) is 5.56 Å². The molecular formula is C13H17NO4S. The van der Waals surface area contributed by atoms with E-state index in [0.717, 1.165) is 6.42 Å². The van der Waals surface area contributed by atoms with Crippen molar-refractivity contribution in [3.63, 3.8) is 0 Å². The van der Waals surface area contributed by atoms with Crippen LogP contribution in [0.5, 0.6) is 0 Å². The molecule has 1 aliphatic carbocycles. The molecule has 1 fully saturated rings. The smallest absolute Gasteiger partial charge is 0.335 e. The third kappa shape index (κ3) is 2.79. The minimum atomic E-state index is -3.67. The number of hydrogen-bond acceptors (Lipinski definition) is 3. The van der Waals surface area contributed by atoms with Crippen LogP contribution in [0.1, 0.15) is 36.2 Å². The molecular weight excluding hydrogens is 266 g/mol. The van der Waals surface area contributed by atoms with E-state index in [1.807, 2.05) is 13.8 Å². The highest BCUT2D eigenvalue weighted by molar-refractivity contribution is 7.89. The number of nitrogens with one attached hydrogen (secondary N) is 1. The zero-order valence-electron chi connectivity index (χ0n) is 11.1. The van der Waals surface area contributed by atoms with Crippen LogP contribution >= 0.6 is 0 Å². The molecule has 1 aromatic rings. The molecule has 19 heavy (non-hydrogen) atoms. The van der Waals surface area contributed by atoms with Crippen LogP contribution in [0.2, 0.25) is 0 Å². The fourth-order valence-corrected chi connectivity index (χ4v) is 3.62. The van der Waals surface area contributed by atoms with Crippen molar-refractivity contribution in [2.45, 2.75) is 38.1 Å². The van der Waals surface area contributed by atoms with Gasteiger partial charge < -0.3 is 5.11 Å². The minimum absolute atomic E-state index is 0.0224. The van der Waals surface area contributed by atoms with Crippen molar-refractivity contribution in [3.05, 3.63) is 29.3 Å². The lowest BCUT2D eigenvalue weighted by Gasteiger charge is -2.11. The van der Waals surface area contributed by atoms with E-state index in [1.165, 1.54) is 18.2 Å². The summed E-state index contributed by atoms with van der Waals surface area (Å²) in [5, 5.41) is 8.93. The number of carboxylic acids is 1. The summed E-state index contributed by atoms with van der Waals surface area (Å²) in [5.41, 5.74) is 0.489. The van der Waals surface area contributed by atoms with Crippen molar-refractivity contribution in [2.75, 3.05) is 0 Å². The van der Waals surface area contributed by atoms with Gasteiger partial charge in [-0.15, -0.1) is 0 Å². The van der Waals surface area contributed by atoms with Gasteiger partial charge in [-0.3, -0.25) is 0 Å². The quantitative estimate of drug-likeness (QED) is 0.882. The first-order valence-electron chi connectivity index (χ1n) is 6.00. The van der Waals surface area contributed by atoms with Crippen LogP contribution in [0.15, 0.2) is 23.1 Å². The molecule has 0 aliphatic heterocycles. The van der Waals surface area contributed by atoms with Gasteiger partial charge in [0, 0.05) is 6.04 Å². The second-order valence-corrected chi connectivity index (χ2v) is 7.33. The number of aromatic carboxylic acids is 1. The zero-order valence-corrected chi connectivity index (χ0v) is 11.9. The monoisotopic (exact) mass is 283 g/mol. The highest BCUT2D eigenvalue weighted by atomic mass is 32.2. The SMILES string of the molecule is Cc1ccc(C(=O)O)cc1S(=O)(=O)NC1CC1(C)C. The number of hydrogen-bond donors (Lipinski definition) is 2. The van der Waals surface area contributed by atoms with Gasteiger partial charge in [-0.2, -0.15) is 0 Å². The highest BCUT2D eigenvalue weighted by Gasteiger charge is 2.48. The maximum absolute atomic E-state index is 12.3. The summed E-state index contributed by atoms with van der Waals surface area (Å²) in [4.78, 5) is 11.0. The Morgan fingerprint density at radius 2 is 2.00 bits per heavy atom. The van der Waals surface area contributed by atoms with Gasteiger partial charge in [0.1, 0.15) is 0 Å². The molecule has 0 bridgehead atoms. The van der Waals surface area contributed by atoms with E-state index in [-0.39, 0.29) is 21.9 Å². The van der Waals surface area contributed by atoms with E-state index in [1.54, 1.807) is 6.92 Å². The lowest BCUT2D eigenvalue weighted by molar-refractivity contribution is 0.0696. The molecule has 0 radical (unpaired) electrons. The van der Waals surface area contributed by atoms with Crippen molar-refractivity contribution in [1.29, 1.82) is 0 Å². The van der Waals surface area contributed by atoms with Crippen molar-refractivity contribution in [3.8, 4) is 0 Å². The van der Waals surface area contributed by atoms with Crippen molar-refractivity contribution < 1.29 is 18.3 Å². The molecule has 0 aromatic heterocycles. The zero-order chi connectivity index (χ0) is 14.4. The van der Waals surface area contributed by atoms with Crippen LogP contribution in [0.3, 0.4) is 0 Å². The number of carbonyl (C=O) groups is 1. The third-order valence-corrected chi connectivity index (χ3v) is 5.15. The van der Waals surface area contributed by atoms with E-state index in [2.05, 4.69) is 4.72 Å². The minimum Gasteiger partial charge on any atom is -0.478 e. The van der Waals surface area contributed by atoms with Crippen LogP contribution in [-0.2, 0) is 10.0 Å². The summed E-state index contributed by atoms with van der Waals surface area (Å²) < 4.78 is 27.1. The van der Waals surface area contributed by atoms with Gasteiger partial charge in [-0.05, 0) is 36.5 Å². The van der Waals surface area contributed by atoms with E-state index in [4.69, 9.17) is 5.11 Å². The Morgan fingerprint density at radius 3 is 2.47 bits per heavy atom. The lowest BCUT2D eigenvalue weighted by Crippen LogP contribution is -2.29. The molecule has 1 aromatic carbocycles. The van der Waals surface area contributed by atoms with E-state index in [9.17, 15) is 13.2 Å². The highest BCUT2D eigenvalue weighted by Crippen LogP contribution is 2.45. The lowest BCUT2D eigenvalue weighted by atomic mass is 10.1. The van der Waals surface area contributed by atoms with Gasteiger partial charge >= 0.3 is 5.97 Å². The Labute approximate surface area is 112 Å². The number of benzene rings is 1. The molecule has 2 N–H and O–H groups in total. The number of rotatable bonds is 4. The first-order valence-corrected chi connectivity index (χ1v) is 7.48. The van der Waals surface area contributed by atoms with Gasteiger partial charge in [0.15, 0.2) is 0 Å². The van der Waals surface area contributed by atoms with Crippen LogP contribution in [-0.4, -0.2) is 25.5 Å². The Hall–Kier alpha value is -1.40. The maximum atomic E-state index is 12.3. The standard InChI is InChI=1S/C13H17NO4S/c1-8-4-5-9(12(15)16)6-10(8)19(17,18)14-11-7-13(11,2)3/h4-6,11,14H,7H2,1-3H3,(H,15,16). The van der Waals surface area contributed by atoms with Crippen molar-refractivity contribution >= 4 is 16.0 Å². The van der Waals surface area contributed by atoms with Gasteiger partial charge in [0.05, 0.1) is 10.5 Å². The summed E-state index contributed by atoms with van der Waals surface area (Å²) in [6.45, 7) is 5.62. The Balaban J connectivity index is 2.35. The van der Waals surface area contributed by atoms with Gasteiger partial charge in [0.2, 0.25) is 10.0 Å². The molecule has 0 saturated heterocycles. The largest absolute Gasteiger partial charge is 0.478 e. The van der Waals surface area contributed by atoms with Gasteiger partial charge in [-0.25, -0.2) is 17.9 Å². The molecule has 1 saturated carbocycles. The third-order valence-electron chi connectivity index (χ3n) is 3.54.